The zero-order valence-electron chi connectivity index (χ0n) is 13.4. The molecule has 2 aromatic rings. The van der Waals surface area contributed by atoms with Crippen LogP contribution in [0.1, 0.15) is 12.8 Å². The molecule has 1 amide bonds. The van der Waals surface area contributed by atoms with Gasteiger partial charge in [0.2, 0.25) is 5.91 Å². The Labute approximate surface area is 143 Å². The lowest BCUT2D eigenvalue weighted by Gasteiger charge is -2.32. The van der Waals surface area contributed by atoms with Gasteiger partial charge in [-0.1, -0.05) is 0 Å². The number of rotatable bonds is 4. The molecule has 1 saturated heterocycles. The van der Waals surface area contributed by atoms with Crippen molar-refractivity contribution in [3.63, 3.8) is 0 Å². The fourth-order valence-electron chi connectivity index (χ4n) is 2.82. The normalized spacial score (nSPS) is 15.0. The molecule has 1 fully saturated rings. The van der Waals surface area contributed by atoms with Crippen molar-refractivity contribution in [2.45, 2.75) is 12.8 Å². The van der Waals surface area contributed by atoms with Gasteiger partial charge in [0.15, 0.2) is 0 Å². The number of hydrogen-bond donors (Lipinski definition) is 1. The van der Waals surface area contributed by atoms with Gasteiger partial charge in [0.05, 0.1) is 4.92 Å². The topological polar surface area (TPSA) is 88.4 Å². The summed E-state index contributed by atoms with van der Waals surface area (Å²) in [7, 11) is 0. The molecule has 0 radical (unpaired) electrons. The molecule has 0 atom stereocenters. The number of carbonyl (C=O) groups excluding carboxylic acids is 1. The molecule has 0 aliphatic carbocycles. The molecule has 0 spiro atoms. The fourth-order valence-corrected chi connectivity index (χ4v) is 2.82. The minimum absolute atomic E-state index is 0.0442. The van der Waals surface area contributed by atoms with Crippen LogP contribution in [0, 0.1) is 21.8 Å². The maximum atomic E-state index is 12.9. The molecule has 0 saturated carbocycles. The quantitative estimate of drug-likeness (QED) is 0.680. The van der Waals surface area contributed by atoms with Gasteiger partial charge in [0.1, 0.15) is 17.8 Å². The number of piperidine rings is 1. The Morgan fingerprint density at radius 2 is 1.88 bits per heavy atom. The van der Waals surface area contributed by atoms with E-state index in [9.17, 15) is 19.3 Å². The van der Waals surface area contributed by atoms with Crippen molar-refractivity contribution in [2.75, 3.05) is 23.3 Å². The van der Waals surface area contributed by atoms with Crippen molar-refractivity contribution < 1.29 is 14.1 Å². The van der Waals surface area contributed by atoms with Gasteiger partial charge in [0.25, 0.3) is 5.69 Å². The number of anilines is 2. The Kier molecular flexibility index (Phi) is 4.87. The Balaban J connectivity index is 1.55. The molecule has 0 bridgehead atoms. The average molecular weight is 344 g/mol. The van der Waals surface area contributed by atoms with E-state index in [1.54, 1.807) is 6.07 Å². The molecule has 0 unspecified atom stereocenters. The number of aromatic nitrogens is 1. The van der Waals surface area contributed by atoms with E-state index < -0.39 is 4.92 Å². The molecule has 1 aromatic carbocycles. The van der Waals surface area contributed by atoms with Crippen LogP contribution >= 0.6 is 0 Å². The number of carbonyl (C=O) groups is 1. The molecule has 3 rings (SSSR count). The van der Waals surface area contributed by atoms with Gasteiger partial charge in [-0.05, 0) is 43.2 Å². The Bertz CT molecular complexity index is 756. The summed E-state index contributed by atoms with van der Waals surface area (Å²) < 4.78 is 12.9. The lowest BCUT2D eigenvalue weighted by molar-refractivity contribution is -0.385. The molecule has 25 heavy (non-hydrogen) atoms. The maximum absolute atomic E-state index is 12.9. The highest BCUT2D eigenvalue weighted by Crippen LogP contribution is 2.24. The van der Waals surface area contributed by atoms with Crippen LogP contribution in [0.15, 0.2) is 42.6 Å². The molecular formula is C17H17FN4O3. The third-order valence-corrected chi connectivity index (χ3v) is 4.24. The summed E-state index contributed by atoms with van der Waals surface area (Å²) in [5, 5.41) is 13.5. The van der Waals surface area contributed by atoms with Crippen LogP contribution in [0.3, 0.4) is 0 Å². The summed E-state index contributed by atoms with van der Waals surface area (Å²) >= 11 is 0. The number of hydrogen-bond acceptors (Lipinski definition) is 5. The zero-order valence-corrected chi connectivity index (χ0v) is 13.4. The Morgan fingerprint density at radius 3 is 2.44 bits per heavy atom. The van der Waals surface area contributed by atoms with Crippen molar-refractivity contribution in [1.29, 1.82) is 0 Å². The summed E-state index contributed by atoms with van der Waals surface area (Å²) in [6.07, 6.45) is 2.56. The van der Waals surface area contributed by atoms with Crippen LogP contribution in [-0.4, -0.2) is 28.9 Å². The first-order valence-corrected chi connectivity index (χ1v) is 7.95. The first kappa shape index (κ1) is 16.8. The maximum Gasteiger partial charge on any atom is 0.287 e. The minimum atomic E-state index is -0.483. The van der Waals surface area contributed by atoms with Crippen molar-refractivity contribution >= 4 is 23.1 Å². The predicted octanol–water partition coefficient (Wildman–Crippen LogP) is 2.98. The molecule has 1 aliphatic heterocycles. The number of pyridine rings is 1. The standard InChI is InChI=1S/C17H17FN4O3/c18-13-1-3-14(4-2-13)20-17(23)12-7-9-21(10-8-12)16-6-5-15(11-19-16)22(24)25/h1-6,11-12H,7-10H2,(H,20,23). The first-order valence-electron chi connectivity index (χ1n) is 7.95. The fraction of sp³-hybridized carbons (Fsp3) is 0.294. The molecule has 8 heteroatoms. The van der Waals surface area contributed by atoms with Gasteiger partial charge in [-0.3, -0.25) is 14.9 Å². The predicted molar refractivity (Wildman–Crippen MR) is 90.9 cm³/mol. The highest BCUT2D eigenvalue weighted by Gasteiger charge is 2.26. The Hall–Kier alpha value is -3.03. The molecule has 1 N–H and O–H groups in total. The second-order valence-corrected chi connectivity index (χ2v) is 5.89. The van der Waals surface area contributed by atoms with E-state index in [2.05, 4.69) is 10.3 Å². The molecular weight excluding hydrogens is 327 g/mol. The smallest absolute Gasteiger partial charge is 0.287 e. The van der Waals surface area contributed by atoms with Crippen LogP contribution in [0.2, 0.25) is 0 Å². The highest BCUT2D eigenvalue weighted by molar-refractivity contribution is 5.92. The van der Waals surface area contributed by atoms with Crippen LogP contribution < -0.4 is 10.2 Å². The second kappa shape index (κ2) is 7.25. The molecule has 1 aliphatic rings. The van der Waals surface area contributed by atoms with E-state index in [4.69, 9.17) is 0 Å². The third kappa shape index (κ3) is 4.09. The minimum Gasteiger partial charge on any atom is -0.357 e. The number of nitro groups is 1. The number of nitrogens with one attached hydrogen (secondary N) is 1. The monoisotopic (exact) mass is 344 g/mol. The van der Waals surface area contributed by atoms with Gasteiger partial charge in [0, 0.05) is 30.8 Å². The van der Waals surface area contributed by atoms with Gasteiger partial charge in [-0.2, -0.15) is 0 Å². The van der Waals surface area contributed by atoms with E-state index in [1.807, 2.05) is 4.90 Å². The molecule has 130 valence electrons. The van der Waals surface area contributed by atoms with E-state index in [0.29, 0.717) is 37.4 Å². The van der Waals surface area contributed by atoms with Crippen molar-refractivity contribution in [1.82, 2.24) is 4.98 Å². The van der Waals surface area contributed by atoms with Crippen LogP contribution in [0.4, 0.5) is 21.6 Å². The SMILES string of the molecule is O=C(Nc1ccc(F)cc1)C1CCN(c2ccc([N+](=O)[O-])cn2)CC1. The highest BCUT2D eigenvalue weighted by atomic mass is 19.1. The van der Waals surface area contributed by atoms with Crippen molar-refractivity contribution in [2.24, 2.45) is 5.92 Å². The van der Waals surface area contributed by atoms with E-state index >= 15 is 0 Å². The van der Waals surface area contributed by atoms with E-state index in [1.165, 1.54) is 36.5 Å². The van der Waals surface area contributed by atoms with Gasteiger partial charge in [-0.15, -0.1) is 0 Å². The lowest BCUT2D eigenvalue weighted by Crippen LogP contribution is -2.38. The lowest BCUT2D eigenvalue weighted by atomic mass is 9.95. The summed E-state index contributed by atoms with van der Waals surface area (Å²) in [4.78, 5) is 28.6. The summed E-state index contributed by atoms with van der Waals surface area (Å²) in [5.74, 6) is 0.118. The Morgan fingerprint density at radius 1 is 1.20 bits per heavy atom. The van der Waals surface area contributed by atoms with Crippen LogP contribution in [0.5, 0.6) is 0 Å². The van der Waals surface area contributed by atoms with Crippen molar-refractivity contribution in [3.05, 3.63) is 58.5 Å². The number of nitrogens with zero attached hydrogens (tertiary/aromatic N) is 3. The molecule has 2 heterocycles. The first-order chi connectivity index (χ1) is 12.0. The van der Waals surface area contributed by atoms with Crippen molar-refractivity contribution in [3.8, 4) is 0 Å². The average Bonchev–Trinajstić information content (AvgIpc) is 2.64. The van der Waals surface area contributed by atoms with E-state index in [0.717, 1.165) is 0 Å². The number of halogens is 1. The summed E-state index contributed by atoms with van der Waals surface area (Å²) in [5.41, 5.74) is 0.531. The number of benzene rings is 1. The van der Waals surface area contributed by atoms with Gasteiger partial charge < -0.3 is 10.2 Å². The van der Waals surface area contributed by atoms with Crippen LogP contribution in [-0.2, 0) is 4.79 Å². The third-order valence-electron chi connectivity index (χ3n) is 4.24. The van der Waals surface area contributed by atoms with Gasteiger partial charge in [-0.25, -0.2) is 9.37 Å². The molecule has 1 aromatic heterocycles. The van der Waals surface area contributed by atoms with Crippen LogP contribution in [0.25, 0.3) is 0 Å². The summed E-state index contributed by atoms with van der Waals surface area (Å²) in [6, 6.07) is 8.72. The number of amides is 1. The largest absolute Gasteiger partial charge is 0.357 e. The van der Waals surface area contributed by atoms with Gasteiger partial charge >= 0.3 is 0 Å². The van der Waals surface area contributed by atoms with E-state index in [-0.39, 0.29) is 23.3 Å². The summed E-state index contributed by atoms with van der Waals surface area (Å²) in [6.45, 7) is 1.29. The zero-order chi connectivity index (χ0) is 17.8. The second-order valence-electron chi connectivity index (χ2n) is 5.89. The molecule has 7 nitrogen and oxygen atoms in total.